The predicted molar refractivity (Wildman–Crippen MR) is 105 cm³/mol. The topological polar surface area (TPSA) is 78.5 Å². The van der Waals surface area contributed by atoms with Gasteiger partial charge in [-0.05, 0) is 30.3 Å². The monoisotopic (exact) mass is 398 g/mol. The van der Waals surface area contributed by atoms with Crippen LogP contribution < -0.4 is 10.6 Å². The molecule has 0 aliphatic carbocycles. The van der Waals surface area contributed by atoms with Crippen LogP contribution in [0.5, 0.6) is 0 Å². The van der Waals surface area contributed by atoms with Gasteiger partial charge in [0.25, 0.3) is 0 Å². The lowest BCUT2D eigenvalue weighted by molar-refractivity contribution is -0.137. The molecule has 0 saturated carbocycles. The highest BCUT2D eigenvalue weighted by atomic mass is 19.4. The summed E-state index contributed by atoms with van der Waals surface area (Å²) in [5, 5.41) is 6.96. The second-order valence-electron chi connectivity index (χ2n) is 6.35. The highest BCUT2D eigenvalue weighted by molar-refractivity contribution is 5.90. The molecule has 3 N–H and O–H groups in total. The first kappa shape index (κ1) is 18.7. The molecule has 0 fully saturated rings. The van der Waals surface area contributed by atoms with E-state index >= 15 is 0 Å². The van der Waals surface area contributed by atoms with Crippen LogP contribution in [0.15, 0.2) is 61.1 Å². The molecule has 0 amide bonds. The fourth-order valence-corrected chi connectivity index (χ4v) is 2.91. The Morgan fingerprint density at radius 2 is 1.86 bits per heavy atom. The molecule has 4 aromatic rings. The van der Waals surface area contributed by atoms with E-state index in [-0.39, 0.29) is 11.6 Å². The third-order valence-electron chi connectivity index (χ3n) is 4.28. The van der Waals surface area contributed by atoms with E-state index in [1.165, 1.54) is 6.07 Å². The maximum absolute atomic E-state index is 13.0. The zero-order valence-corrected chi connectivity index (χ0v) is 15.2. The van der Waals surface area contributed by atoms with Crippen molar-refractivity contribution in [2.45, 2.75) is 12.6 Å². The number of rotatable bonds is 6. The molecule has 29 heavy (non-hydrogen) atoms. The number of alkyl halides is 3. The number of anilines is 3. The fourth-order valence-electron chi connectivity index (χ4n) is 2.91. The van der Waals surface area contributed by atoms with E-state index in [4.69, 9.17) is 0 Å². The van der Waals surface area contributed by atoms with E-state index in [9.17, 15) is 13.2 Å². The van der Waals surface area contributed by atoms with Crippen LogP contribution in [-0.2, 0) is 12.6 Å². The van der Waals surface area contributed by atoms with Gasteiger partial charge in [0.2, 0.25) is 5.95 Å². The summed E-state index contributed by atoms with van der Waals surface area (Å²) < 4.78 is 38.9. The van der Waals surface area contributed by atoms with Crippen molar-refractivity contribution >= 4 is 28.4 Å². The van der Waals surface area contributed by atoms with Crippen LogP contribution in [0.3, 0.4) is 0 Å². The van der Waals surface area contributed by atoms with Crippen LogP contribution in [0.4, 0.5) is 30.6 Å². The predicted octanol–water partition coefficient (Wildman–Crippen LogP) is 4.77. The van der Waals surface area contributed by atoms with E-state index in [1.54, 1.807) is 12.4 Å². The lowest BCUT2D eigenvalue weighted by atomic mass is 10.2. The van der Waals surface area contributed by atoms with Crippen LogP contribution >= 0.6 is 0 Å². The molecule has 9 heteroatoms. The molecule has 0 aliphatic heterocycles. The first-order valence-corrected chi connectivity index (χ1v) is 8.92. The first-order chi connectivity index (χ1) is 14.0. The van der Waals surface area contributed by atoms with Crippen LogP contribution in [0.1, 0.15) is 11.3 Å². The fraction of sp³-hybridized carbons (Fsp3) is 0.150. The lowest BCUT2D eigenvalue weighted by Gasteiger charge is -2.13. The third kappa shape index (κ3) is 4.45. The van der Waals surface area contributed by atoms with Crippen molar-refractivity contribution in [3.63, 3.8) is 0 Å². The molecule has 2 heterocycles. The zero-order valence-electron chi connectivity index (χ0n) is 15.2. The molecule has 6 nitrogen and oxygen atoms in total. The van der Waals surface area contributed by atoms with Gasteiger partial charge in [0.1, 0.15) is 5.82 Å². The molecule has 0 bridgehead atoms. The summed E-state index contributed by atoms with van der Waals surface area (Å²) in [5.74, 6) is 0.811. The first-order valence-electron chi connectivity index (χ1n) is 8.92. The summed E-state index contributed by atoms with van der Waals surface area (Å²) in [6.45, 7) is 0.592. The maximum Gasteiger partial charge on any atom is 0.416 e. The van der Waals surface area contributed by atoms with Gasteiger partial charge in [0.05, 0.1) is 23.1 Å². The van der Waals surface area contributed by atoms with Crippen molar-refractivity contribution in [2.75, 3.05) is 17.2 Å². The van der Waals surface area contributed by atoms with Gasteiger partial charge >= 0.3 is 6.18 Å². The van der Waals surface area contributed by atoms with Crippen molar-refractivity contribution in [3.05, 3.63) is 72.3 Å². The summed E-state index contributed by atoms with van der Waals surface area (Å²) in [6.07, 6.45) is -0.286. The number of para-hydroxylation sites is 1. The van der Waals surface area contributed by atoms with E-state index in [1.807, 2.05) is 30.5 Å². The van der Waals surface area contributed by atoms with Gasteiger partial charge in [-0.1, -0.05) is 18.2 Å². The van der Waals surface area contributed by atoms with Crippen LogP contribution in [0.25, 0.3) is 10.9 Å². The number of halogens is 3. The van der Waals surface area contributed by atoms with Gasteiger partial charge in [-0.25, -0.2) is 9.97 Å². The standard InChI is InChI=1S/C20H17F3N6/c21-20(22,23)13-4-3-5-14(10-13)27-19-28-17-7-2-1-6-16(17)18(29-19)25-9-8-15-11-24-12-26-15/h1-7,10-12H,8-9H2,(H,24,26)(H2,25,27,28,29). The molecule has 0 saturated heterocycles. The number of hydrogen-bond donors (Lipinski definition) is 3. The lowest BCUT2D eigenvalue weighted by Crippen LogP contribution is -2.09. The number of imidazole rings is 1. The van der Waals surface area contributed by atoms with E-state index in [0.29, 0.717) is 24.3 Å². The molecule has 0 atom stereocenters. The normalized spacial score (nSPS) is 11.6. The molecule has 0 aliphatic rings. The number of hydrogen-bond acceptors (Lipinski definition) is 5. The minimum Gasteiger partial charge on any atom is -0.369 e. The summed E-state index contributed by atoms with van der Waals surface area (Å²) in [7, 11) is 0. The van der Waals surface area contributed by atoms with E-state index in [0.717, 1.165) is 23.2 Å². The van der Waals surface area contributed by atoms with Gasteiger partial charge in [-0.3, -0.25) is 0 Å². The molecule has 4 rings (SSSR count). The Bertz CT molecular complexity index is 1110. The van der Waals surface area contributed by atoms with Crippen molar-refractivity contribution < 1.29 is 13.2 Å². The highest BCUT2D eigenvalue weighted by Crippen LogP contribution is 2.31. The van der Waals surface area contributed by atoms with Crippen molar-refractivity contribution in [2.24, 2.45) is 0 Å². The zero-order chi connectivity index (χ0) is 20.3. The van der Waals surface area contributed by atoms with Gasteiger partial charge in [-0.2, -0.15) is 18.2 Å². The Labute approximate surface area is 164 Å². The summed E-state index contributed by atoms with van der Waals surface area (Å²) in [6, 6.07) is 12.4. The number of nitrogens with one attached hydrogen (secondary N) is 3. The Balaban J connectivity index is 1.60. The van der Waals surface area contributed by atoms with Gasteiger partial charge < -0.3 is 15.6 Å². The van der Waals surface area contributed by atoms with Crippen LogP contribution in [0, 0.1) is 0 Å². The second-order valence-corrected chi connectivity index (χ2v) is 6.35. The number of aromatic amines is 1. The molecule has 0 spiro atoms. The molecule has 2 aromatic heterocycles. The van der Waals surface area contributed by atoms with E-state index < -0.39 is 11.7 Å². The average molecular weight is 398 g/mol. The smallest absolute Gasteiger partial charge is 0.369 e. The van der Waals surface area contributed by atoms with Gasteiger partial charge in [0.15, 0.2) is 0 Å². The number of fused-ring (bicyclic) bond motifs is 1. The van der Waals surface area contributed by atoms with Crippen molar-refractivity contribution in [3.8, 4) is 0 Å². The summed E-state index contributed by atoms with van der Waals surface area (Å²) >= 11 is 0. The number of aromatic nitrogens is 4. The third-order valence-corrected chi connectivity index (χ3v) is 4.28. The average Bonchev–Trinajstić information content (AvgIpc) is 3.21. The Morgan fingerprint density at radius 3 is 2.66 bits per heavy atom. The van der Waals surface area contributed by atoms with E-state index in [2.05, 4.69) is 30.6 Å². The number of H-pyrrole nitrogens is 1. The number of nitrogens with zero attached hydrogens (tertiary/aromatic N) is 3. The molecule has 148 valence electrons. The summed E-state index contributed by atoms with van der Waals surface area (Å²) in [4.78, 5) is 16.0. The minimum absolute atomic E-state index is 0.213. The largest absolute Gasteiger partial charge is 0.416 e. The number of benzene rings is 2. The molecular formula is C20H17F3N6. The summed E-state index contributed by atoms with van der Waals surface area (Å²) in [5.41, 5.74) is 1.12. The Kier molecular flexibility index (Phi) is 5.03. The minimum atomic E-state index is -4.42. The highest BCUT2D eigenvalue weighted by Gasteiger charge is 2.30. The molecule has 2 aromatic carbocycles. The van der Waals surface area contributed by atoms with Crippen molar-refractivity contribution in [1.82, 2.24) is 19.9 Å². The molecule has 0 unspecified atom stereocenters. The quantitative estimate of drug-likeness (QED) is 0.436. The second kappa shape index (κ2) is 7.78. The van der Waals surface area contributed by atoms with Gasteiger partial charge in [-0.15, -0.1) is 0 Å². The SMILES string of the molecule is FC(F)(F)c1cccc(Nc2nc(NCCc3c[nH]cn3)c3ccccc3n2)c1. The van der Waals surface area contributed by atoms with Crippen LogP contribution in [-0.4, -0.2) is 26.5 Å². The van der Waals surface area contributed by atoms with Gasteiger partial charge in [0, 0.05) is 30.2 Å². The maximum atomic E-state index is 13.0. The Morgan fingerprint density at radius 1 is 1.00 bits per heavy atom. The Hall–Kier alpha value is -3.62. The van der Waals surface area contributed by atoms with Crippen molar-refractivity contribution in [1.29, 1.82) is 0 Å². The van der Waals surface area contributed by atoms with Crippen LogP contribution in [0.2, 0.25) is 0 Å². The molecular weight excluding hydrogens is 381 g/mol. The molecule has 0 radical (unpaired) electrons.